The van der Waals surface area contributed by atoms with Gasteiger partial charge in [0.2, 0.25) is 0 Å². The van der Waals surface area contributed by atoms with E-state index in [0.717, 1.165) is 24.6 Å². The Hall–Kier alpha value is -1.35. The van der Waals surface area contributed by atoms with Crippen molar-refractivity contribution in [3.05, 3.63) is 35.4 Å². The van der Waals surface area contributed by atoms with Gasteiger partial charge in [-0.2, -0.15) is 0 Å². The highest BCUT2D eigenvalue weighted by molar-refractivity contribution is 5.87. The molecule has 2 rings (SSSR count). The average Bonchev–Trinajstić information content (AvgIpc) is 3.13. The molecule has 0 atom stereocenters. The van der Waals surface area contributed by atoms with Crippen molar-refractivity contribution in [1.29, 1.82) is 0 Å². The lowest BCUT2D eigenvalue weighted by molar-refractivity contribution is 0.0696. The van der Waals surface area contributed by atoms with E-state index in [0.29, 0.717) is 5.56 Å². The Kier molecular flexibility index (Phi) is 4.15. The van der Waals surface area contributed by atoms with Gasteiger partial charge in [-0.05, 0) is 43.0 Å². The normalized spacial score (nSPS) is 14.8. The molecule has 0 amide bonds. The summed E-state index contributed by atoms with van der Waals surface area (Å²) >= 11 is 0. The molecule has 3 heteroatoms. The van der Waals surface area contributed by atoms with Crippen LogP contribution in [0.2, 0.25) is 0 Å². The number of hydrogen-bond donors (Lipinski definition) is 2. The highest BCUT2D eigenvalue weighted by Crippen LogP contribution is 2.33. The first-order valence-electron chi connectivity index (χ1n) is 6.28. The molecule has 92 valence electrons. The maximum absolute atomic E-state index is 10.8. The van der Waals surface area contributed by atoms with Gasteiger partial charge in [0.15, 0.2) is 0 Å². The van der Waals surface area contributed by atoms with Gasteiger partial charge in [0.1, 0.15) is 0 Å². The number of rotatable bonds is 7. The molecule has 0 radical (unpaired) electrons. The van der Waals surface area contributed by atoms with Gasteiger partial charge in [-0.25, -0.2) is 4.79 Å². The second-order valence-electron chi connectivity index (χ2n) is 4.77. The van der Waals surface area contributed by atoms with E-state index in [4.69, 9.17) is 5.11 Å². The molecule has 3 nitrogen and oxygen atoms in total. The van der Waals surface area contributed by atoms with Crippen LogP contribution < -0.4 is 5.32 Å². The third kappa shape index (κ3) is 4.19. The van der Waals surface area contributed by atoms with Crippen LogP contribution in [0.5, 0.6) is 0 Å². The number of hydrogen-bond acceptors (Lipinski definition) is 2. The number of carboxylic acid groups (broad SMARTS) is 1. The van der Waals surface area contributed by atoms with Crippen molar-refractivity contribution in [3.8, 4) is 0 Å². The van der Waals surface area contributed by atoms with E-state index < -0.39 is 5.97 Å². The molecule has 1 saturated carbocycles. The summed E-state index contributed by atoms with van der Waals surface area (Å²) in [6.45, 7) is 1.78. The quantitative estimate of drug-likeness (QED) is 0.712. The third-order valence-corrected chi connectivity index (χ3v) is 3.17. The summed E-state index contributed by atoms with van der Waals surface area (Å²) < 4.78 is 0. The SMILES string of the molecule is O=C(O)c1cccc(CNCCCC2CC2)c1. The average molecular weight is 233 g/mol. The van der Waals surface area contributed by atoms with Gasteiger partial charge >= 0.3 is 5.97 Å². The van der Waals surface area contributed by atoms with Crippen molar-refractivity contribution in [3.63, 3.8) is 0 Å². The number of carboxylic acids is 1. The molecule has 1 aliphatic rings. The molecule has 0 spiro atoms. The van der Waals surface area contributed by atoms with Crippen LogP contribution in [-0.2, 0) is 6.54 Å². The predicted molar refractivity (Wildman–Crippen MR) is 67.1 cm³/mol. The largest absolute Gasteiger partial charge is 0.478 e. The maximum Gasteiger partial charge on any atom is 0.335 e. The van der Waals surface area contributed by atoms with Crippen LogP contribution in [0.1, 0.15) is 41.6 Å². The van der Waals surface area contributed by atoms with E-state index >= 15 is 0 Å². The van der Waals surface area contributed by atoms with Gasteiger partial charge in [-0.15, -0.1) is 0 Å². The zero-order chi connectivity index (χ0) is 12.1. The molecular formula is C14H19NO2. The van der Waals surface area contributed by atoms with Crippen molar-refractivity contribution in [2.45, 2.75) is 32.2 Å². The van der Waals surface area contributed by atoms with Crippen LogP contribution >= 0.6 is 0 Å². The number of carbonyl (C=O) groups is 1. The highest BCUT2D eigenvalue weighted by Gasteiger charge is 2.19. The smallest absolute Gasteiger partial charge is 0.335 e. The lowest BCUT2D eigenvalue weighted by Gasteiger charge is -2.05. The van der Waals surface area contributed by atoms with E-state index in [2.05, 4.69) is 5.32 Å². The molecule has 1 fully saturated rings. The lowest BCUT2D eigenvalue weighted by atomic mass is 10.1. The lowest BCUT2D eigenvalue weighted by Crippen LogP contribution is -2.15. The fourth-order valence-electron chi connectivity index (χ4n) is 1.97. The van der Waals surface area contributed by atoms with E-state index in [9.17, 15) is 4.79 Å². The molecule has 2 N–H and O–H groups in total. The van der Waals surface area contributed by atoms with E-state index in [1.54, 1.807) is 18.2 Å². The van der Waals surface area contributed by atoms with Crippen LogP contribution in [0.15, 0.2) is 24.3 Å². The standard InChI is InChI=1S/C14H19NO2/c16-14(17)13-5-1-3-12(9-13)10-15-8-2-4-11-6-7-11/h1,3,5,9,11,15H,2,4,6-8,10H2,(H,16,17). The molecule has 0 bridgehead atoms. The Morgan fingerprint density at radius 2 is 2.24 bits per heavy atom. The first-order valence-corrected chi connectivity index (χ1v) is 6.28. The molecule has 17 heavy (non-hydrogen) atoms. The minimum Gasteiger partial charge on any atom is -0.478 e. The van der Waals surface area contributed by atoms with Gasteiger partial charge in [-0.3, -0.25) is 0 Å². The van der Waals surface area contributed by atoms with Crippen molar-refractivity contribution in [1.82, 2.24) is 5.32 Å². The van der Waals surface area contributed by atoms with E-state index in [1.807, 2.05) is 6.07 Å². The zero-order valence-electron chi connectivity index (χ0n) is 9.98. The summed E-state index contributed by atoms with van der Waals surface area (Å²) in [5.74, 6) is 0.132. The topological polar surface area (TPSA) is 49.3 Å². The van der Waals surface area contributed by atoms with Gasteiger partial charge in [0.05, 0.1) is 5.56 Å². The molecule has 1 aromatic rings. The van der Waals surface area contributed by atoms with Gasteiger partial charge in [0.25, 0.3) is 0 Å². The molecule has 1 aromatic carbocycles. The Balaban J connectivity index is 1.70. The van der Waals surface area contributed by atoms with Gasteiger partial charge in [-0.1, -0.05) is 25.0 Å². The van der Waals surface area contributed by atoms with Crippen LogP contribution in [0.3, 0.4) is 0 Å². The summed E-state index contributed by atoms with van der Waals surface area (Å²) in [7, 11) is 0. The molecule has 1 aliphatic carbocycles. The summed E-state index contributed by atoms with van der Waals surface area (Å²) in [6, 6.07) is 7.11. The second-order valence-corrected chi connectivity index (χ2v) is 4.77. The highest BCUT2D eigenvalue weighted by atomic mass is 16.4. The summed E-state index contributed by atoms with van der Waals surface area (Å²) in [5, 5.41) is 12.2. The van der Waals surface area contributed by atoms with Crippen LogP contribution in [-0.4, -0.2) is 17.6 Å². The maximum atomic E-state index is 10.8. The van der Waals surface area contributed by atoms with E-state index in [1.165, 1.54) is 25.7 Å². The van der Waals surface area contributed by atoms with Crippen LogP contribution in [0.25, 0.3) is 0 Å². The molecule has 0 unspecified atom stereocenters. The Morgan fingerprint density at radius 3 is 2.94 bits per heavy atom. The van der Waals surface area contributed by atoms with Crippen LogP contribution in [0, 0.1) is 5.92 Å². The summed E-state index contributed by atoms with van der Waals surface area (Å²) in [5.41, 5.74) is 1.40. The van der Waals surface area contributed by atoms with E-state index in [-0.39, 0.29) is 0 Å². The fourth-order valence-corrected chi connectivity index (χ4v) is 1.97. The zero-order valence-corrected chi connectivity index (χ0v) is 9.98. The van der Waals surface area contributed by atoms with Crippen molar-refractivity contribution in [2.75, 3.05) is 6.54 Å². The van der Waals surface area contributed by atoms with Crippen LogP contribution in [0.4, 0.5) is 0 Å². The first-order chi connectivity index (χ1) is 8.25. The predicted octanol–water partition coefficient (Wildman–Crippen LogP) is 2.66. The minimum atomic E-state index is -0.861. The number of benzene rings is 1. The third-order valence-electron chi connectivity index (χ3n) is 3.17. The molecule has 0 aromatic heterocycles. The molecular weight excluding hydrogens is 214 g/mol. The Morgan fingerprint density at radius 1 is 1.41 bits per heavy atom. The summed E-state index contributed by atoms with van der Waals surface area (Å²) in [6.07, 6.45) is 5.40. The number of aromatic carboxylic acids is 1. The molecule has 0 aliphatic heterocycles. The molecule has 0 heterocycles. The molecule has 0 saturated heterocycles. The van der Waals surface area contributed by atoms with Crippen molar-refractivity contribution >= 4 is 5.97 Å². The Bertz CT molecular complexity index is 386. The minimum absolute atomic E-state index is 0.363. The van der Waals surface area contributed by atoms with Gasteiger partial charge < -0.3 is 10.4 Å². The second kappa shape index (κ2) is 5.82. The van der Waals surface area contributed by atoms with Crippen molar-refractivity contribution < 1.29 is 9.90 Å². The summed E-state index contributed by atoms with van der Waals surface area (Å²) in [4.78, 5) is 10.8. The van der Waals surface area contributed by atoms with Gasteiger partial charge in [0, 0.05) is 6.54 Å². The number of nitrogens with one attached hydrogen (secondary N) is 1. The monoisotopic (exact) mass is 233 g/mol. The Labute approximate surface area is 102 Å². The first kappa shape index (κ1) is 12.1. The van der Waals surface area contributed by atoms with Crippen molar-refractivity contribution in [2.24, 2.45) is 5.92 Å². The fraction of sp³-hybridized carbons (Fsp3) is 0.500.